The first kappa shape index (κ1) is 21.6. The minimum absolute atomic E-state index is 0.259. The van der Waals surface area contributed by atoms with Gasteiger partial charge in [0.2, 0.25) is 0 Å². The van der Waals surface area contributed by atoms with Crippen LogP contribution in [0.25, 0.3) is 5.57 Å². The van der Waals surface area contributed by atoms with Crippen LogP contribution in [-0.4, -0.2) is 29.9 Å². The number of aryl methyl sites for hydroxylation is 2. The average Bonchev–Trinajstić information content (AvgIpc) is 2.93. The number of benzene rings is 2. The standard InChI is InChI=1S/C25H30N2O3/c1-6-13-27-24(28)22(19-8-10-20(11-9-19)30-15-16(2)3)23(25(27)29)26-21-12-7-17(4)14-18(21)5/h7-12,14,16,26H,6,13,15H2,1-5H3. The highest BCUT2D eigenvalue weighted by molar-refractivity contribution is 6.36. The first-order chi connectivity index (χ1) is 14.3. The number of carbonyl (C=O) groups excluding carboxylic acids is 2. The van der Waals surface area contributed by atoms with Crippen molar-refractivity contribution in [2.75, 3.05) is 18.5 Å². The number of nitrogens with zero attached hydrogens (tertiary/aromatic N) is 1. The number of amides is 2. The summed E-state index contributed by atoms with van der Waals surface area (Å²) in [5, 5.41) is 3.24. The third-order valence-electron chi connectivity index (χ3n) is 4.98. The smallest absolute Gasteiger partial charge is 0.278 e. The van der Waals surface area contributed by atoms with E-state index in [1.165, 1.54) is 4.90 Å². The Bertz CT molecular complexity index is 974. The summed E-state index contributed by atoms with van der Waals surface area (Å²) in [4.78, 5) is 27.5. The van der Waals surface area contributed by atoms with Crippen molar-refractivity contribution in [1.29, 1.82) is 0 Å². The Morgan fingerprint density at radius 3 is 2.30 bits per heavy atom. The molecule has 30 heavy (non-hydrogen) atoms. The van der Waals surface area contributed by atoms with Crippen LogP contribution in [0, 0.1) is 19.8 Å². The zero-order chi connectivity index (χ0) is 21.8. The molecule has 0 radical (unpaired) electrons. The highest BCUT2D eigenvalue weighted by atomic mass is 16.5. The van der Waals surface area contributed by atoms with E-state index in [0.29, 0.717) is 42.3 Å². The monoisotopic (exact) mass is 406 g/mol. The Labute approximate surface area is 178 Å². The second-order valence-corrected chi connectivity index (χ2v) is 8.18. The molecule has 0 unspecified atom stereocenters. The number of carbonyl (C=O) groups is 2. The molecule has 0 saturated carbocycles. The van der Waals surface area contributed by atoms with Gasteiger partial charge in [0.25, 0.3) is 11.8 Å². The molecule has 0 atom stereocenters. The highest BCUT2D eigenvalue weighted by Crippen LogP contribution is 2.32. The zero-order valence-electron chi connectivity index (χ0n) is 18.4. The van der Waals surface area contributed by atoms with Crippen LogP contribution in [0.3, 0.4) is 0 Å². The molecule has 0 aromatic heterocycles. The fourth-order valence-corrected chi connectivity index (χ4v) is 3.46. The van der Waals surface area contributed by atoms with Crippen molar-refractivity contribution in [2.24, 2.45) is 5.92 Å². The first-order valence-corrected chi connectivity index (χ1v) is 10.5. The molecule has 0 aliphatic carbocycles. The topological polar surface area (TPSA) is 58.6 Å². The molecular weight excluding hydrogens is 376 g/mol. The van der Waals surface area contributed by atoms with E-state index in [2.05, 4.69) is 25.2 Å². The molecule has 1 heterocycles. The number of hydrogen-bond acceptors (Lipinski definition) is 4. The predicted octanol–water partition coefficient (Wildman–Crippen LogP) is 4.94. The molecule has 1 aliphatic rings. The summed E-state index contributed by atoms with van der Waals surface area (Å²) in [5.41, 5.74) is 4.43. The third-order valence-corrected chi connectivity index (χ3v) is 4.98. The van der Waals surface area contributed by atoms with Crippen molar-refractivity contribution >= 4 is 23.1 Å². The highest BCUT2D eigenvalue weighted by Gasteiger charge is 2.38. The Morgan fingerprint density at radius 2 is 1.70 bits per heavy atom. The van der Waals surface area contributed by atoms with Gasteiger partial charge < -0.3 is 10.1 Å². The van der Waals surface area contributed by atoms with Crippen LogP contribution in [0.1, 0.15) is 43.9 Å². The summed E-state index contributed by atoms with van der Waals surface area (Å²) in [5.74, 6) is 0.638. The molecule has 2 aromatic rings. The van der Waals surface area contributed by atoms with Gasteiger partial charge >= 0.3 is 0 Å². The average molecular weight is 407 g/mol. The normalized spacial score (nSPS) is 14.1. The molecule has 5 nitrogen and oxygen atoms in total. The largest absolute Gasteiger partial charge is 0.493 e. The maximum atomic E-state index is 13.1. The van der Waals surface area contributed by atoms with E-state index in [4.69, 9.17) is 4.74 Å². The molecule has 0 fully saturated rings. The first-order valence-electron chi connectivity index (χ1n) is 10.5. The van der Waals surface area contributed by atoms with E-state index < -0.39 is 0 Å². The molecule has 1 N–H and O–H groups in total. The van der Waals surface area contributed by atoms with Crippen molar-refractivity contribution < 1.29 is 14.3 Å². The Kier molecular flexibility index (Phi) is 6.60. The molecule has 0 spiro atoms. The van der Waals surface area contributed by atoms with Gasteiger partial charge in [-0.2, -0.15) is 0 Å². The van der Waals surface area contributed by atoms with E-state index in [0.717, 1.165) is 22.6 Å². The van der Waals surface area contributed by atoms with Gasteiger partial charge in [-0.25, -0.2) is 0 Å². The molecule has 2 amide bonds. The van der Waals surface area contributed by atoms with E-state index >= 15 is 0 Å². The van der Waals surface area contributed by atoms with Crippen LogP contribution >= 0.6 is 0 Å². The van der Waals surface area contributed by atoms with E-state index in [1.54, 1.807) is 0 Å². The van der Waals surface area contributed by atoms with Crippen molar-refractivity contribution in [3.8, 4) is 5.75 Å². The number of ether oxygens (including phenoxy) is 1. The molecule has 0 saturated heterocycles. The molecule has 2 aromatic carbocycles. The quantitative estimate of drug-likeness (QED) is 0.631. The summed E-state index contributed by atoms with van der Waals surface area (Å²) in [6.45, 7) is 11.2. The lowest BCUT2D eigenvalue weighted by Gasteiger charge is -2.14. The SMILES string of the molecule is CCCN1C(=O)C(Nc2ccc(C)cc2C)=C(c2ccc(OCC(C)C)cc2)C1=O. The molecular formula is C25H30N2O3. The lowest BCUT2D eigenvalue weighted by Crippen LogP contribution is -2.33. The van der Waals surface area contributed by atoms with Gasteiger partial charge in [0.1, 0.15) is 11.4 Å². The van der Waals surface area contributed by atoms with Gasteiger partial charge in [0.05, 0.1) is 12.2 Å². The fourth-order valence-electron chi connectivity index (χ4n) is 3.46. The van der Waals surface area contributed by atoms with Crippen LogP contribution in [-0.2, 0) is 9.59 Å². The van der Waals surface area contributed by atoms with Gasteiger partial charge in [0, 0.05) is 12.2 Å². The third kappa shape index (κ3) is 4.56. The summed E-state index contributed by atoms with van der Waals surface area (Å²) in [7, 11) is 0. The Morgan fingerprint density at radius 1 is 1.00 bits per heavy atom. The molecule has 158 valence electrons. The van der Waals surface area contributed by atoms with Gasteiger partial charge in [0.15, 0.2) is 0 Å². The van der Waals surface area contributed by atoms with Crippen molar-refractivity contribution in [3.05, 3.63) is 64.9 Å². The van der Waals surface area contributed by atoms with Crippen LogP contribution in [0.15, 0.2) is 48.2 Å². The van der Waals surface area contributed by atoms with Gasteiger partial charge in [-0.3, -0.25) is 14.5 Å². The van der Waals surface area contributed by atoms with E-state index in [9.17, 15) is 9.59 Å². The maximum Gasteiger partial charge on any atom is 0.278 e. The van der Waals surface area contributed by atoms with Gasteiger partial charge in [-0.15, -0.1) is 0 Å². The Hall–Kier alpha value is -3.08. The number of hydrogen-bond donors (Lipinski definition) is 1. The van der Waals surface area contributed by atoms with Crippen LogP contribution in [0.2, 0.25) is 0 Å². The van der Waals surface area contributed by atoms with Crippen LogP contribution < -0.4 is 10.1 Å². The minimum atomic E-state index is -0.281. The van der Waals surface area contributed by atoms with Crippen LogP contribution in [0.5, 0.6) is 5.75 Å². The number of nitrogens with one attached hydrogen (secondary N) is 1. The number of imide groups is 1. The van der Waals surface area contributed by atoms with E-state index in [-0.39, 0.29) is 11.8 Å². The van der Waals surface area contributed by atoms with Crippen molar-refractivity contribution in [2.45, 2.75) is 41.0 Å². The predicted molar refractivity (Wildman–Crippen MR) is 120 cm³/mol. The number of anilines is 1. The maximum absolute atomic E-state index is 13.1. The van der Waals surface area contributed by atoms with Crippen LogP contribution in [0.4, 0.5) is 5.69 Å². The van der Waals surface area contributed by atoms with Gasteiger partial charge in [-0.1, -0.05) is 50.6 Å². The van der Waals surface area contributed by atoms with Gasteiger partial charge in [-0.05, 0) is 55.5 Å². The fraction of sp³-hybridized carbons (Fsp3) is 0.360. The molecule has 5 heteroatoms. The molecule has 0 bridgehead atoms. The second-order valence-electron chi connectivity index (χ2n) is 8.18. The summed E-state index contributed by atoms with van der Waals surface area (Å²) < 4.78 is 5.75. The summed E-state index contributed by atoms with van der Waals surface area (Å²) in [6.07, 6.45) is 0.712. The molecule has 1 aliphatic heterocycles. The summed E-state index contributed by atoms with van der Waals surface area (Å²) >= 11 is 0. The Balaban J connectivity index is 1.98. The lowest BCUT2D eigenvalue weighted by molar-refractivity contribution is -0.136. The second kappa shape index (κ2) is 9.16. The summed E-state index contributed by atoms with van der Waals surface area (Å²) in [6, 6.07) is 13.4. The lowest BCUT2D eigenvalue weighted by atomic mass is 10.0. The van der Waals surface area contributed by atoms with Crippen molar-refractivity contribution in [1.82, 2.24) is 4.90 Å². The van der Waals surface area contributed by atoms with E-state index in [1.807, 2.05) is 57.2 Å². The zero-order valence-corrected chi connectivity index (χ0v) is 18.4. The van der Waals surface area contributed by atoms with Crippen molar-refractivity contribution in [3.63, 3.8) is 0 Å². The number of rotatable bonds is 8. The molecule has 3 rings (SSSR count). The minimum Gasteiger partial charge on any atom is -0.493 e.